The second-order valence-electron chi connectivity index (χ2n) is 8.23. The Balaban J connectivity index is 1.54. The number of carbonyl (C=O) groups is 1. The summed E-state index contributed by atoms with van der Waals surface area (Å²) < 4.78 is 10.8. The van der Waals surface area contributed by atoms with Gasteiger partial charge < -0.3 is 19.7 Å². The van der Waals surface area contributed by atoms with Gasteiger partial charge in [0.2, 0.25) is 0 Å². The van der Waals surface area contributed by atoms with Crippen molar-refractivity contribution in [1.29, 1.82) is 0 Å². The minimum atomic E-state index is -0.180. The fourth-order valence-corrected chi connectivity index (χ4v) is 5.07. The van der Waals surface area contributed by atoms with E-state index in [1.807, 2.05) is 59.5 Å². The summed E-state index contributed by atoms with van der Waals surface area (Å²) in [7, 11) is 3.25. The van der Waals surface area contributed by atoms with Crippen LogP contribution in [0.5, 0.6) is 11.5 Å². The molecule has 1 unspecified atom stereocenters. The Bertz CT molecular complexity index is 1240. The van der Waals surface area contributed by atoms with E-state index >= 15 is 0 Å². The van der Waals surface area contributed by atoms with Crippen LogP contribution in [-0.2, 0) is 6.42 Å². The van der Waals surface area contributed by atoms with E-state index < -0.39 is 0 Å². The average Bonchev–Trinajstić information content (AvgIpc) is 3.21. The van der Waals surface area contributed by atoms with E-state index in [1.54, 1.807) is 14.2 Å². The summed E-state index contributed by atoms with van der Waals surface area (Å²) in [4.78, 5) is 15.5. The average molecular weight is 461 g/mol. The van der Waals surface area contributed by atoms with Gasteiger partial charge >= 0.3 is 6.03 Å². The fraction of sp³-hybridized carbons (Fsp3) is 0.222. The van der Waals surface area contributed by atoms with Crippen molar-refractivity contribution < 1.29 is 14.3 Å². The van der Waals surface area contributed by atoms with Gasteiger partial charge in [-0.05, 0) is 77.1 Å². The topological polar surface area (TPSA) is 50.8 Å². The highest BCUT2D eigenvalue weighted by Gasteiger charge is 2.38. The number of anilines is 1. The normalized spacial score (nSPS) is 16.8. The smallest absolute Gasteiger partial charge is 0.322 e. The standard InChI is InChI=1S/C27H25ClN2O3/c1-32-20-11-8-17(9-12-20)26-23-15-18-7-10-19(28)16-22(18)21(23)13-14-30(26)27(31)29-24-5-3-4-6-25(24)33-2/h3-12,16,26H,13-15H2,1-2H3,(H,29,31). The Hall–Kier alpha value is -3.44. The number of fused-ring (bicyclic) bond motifs is 2. The van der Waals surface area contributed by atoms with Crippen LogP contribution in [0.15, 0.2) is 72.3 Å². The van der Waals surface area contributed by atoms with E-state index in [1.165, 1.54) is 22.3 Å². The first-order chi connectivity index (χ1) is 16.1. The first kappa shape index (κ1) is 21.4. The van der Waals surface area contributed by atoms with Crippen LogP contribution in [0.25, 0.3) is 5.57 Å². The Morgan fingerprint density at radius 3 is 2.58 bits per heavy atom. The quantitative estimate of drug-likeness (QED) is 0.493. The van der Waals surface area contributed by atoms with Gasteiger partial charge in [0.05, 0.1) is 25.9 Å². The van der Waals surface area contributed by atoms with Gasteiger partial charge in [-0.3, -0.25) is 0 Å². The number of hydrogen-bond acceptors (Lipinski definition) is 3. The number of para-hydroxylation sites is 2. The van der Waals surface area contributed by atoms with Crippen molar-refractivity contribution >= 4 is 28.9 Å². The van der Waals surface area contributed by atoms with Gasteiger partial charge in [0.1, 0.15) is 11.5 Å². The number of benzene rings is 3. The van der Waals surface area contributed by atoms with E-state index in [9.17, 15) is 4.79 Å². The number of nitrogens with one attached hydrogen (secondary N) is 1. The van der Waals surface area contributed by atoms with Gasteiger partial charge in [0, 0.05) is 11.6 Å². The lowest BCUT2D eigenvalue weighted by atomic mass is 9.88. The molecule has 33 heavy (non-hydrogen) atoms. The zero-order valence-corrected chi connectivity index (χ0v) is 19.4. The summed E-state index contributed by atoms with van der Waals surface area (Å²) in [5.41, 5.74) is 6.72. The van der Waals surface area contributed by atoms with Crippen LogP contribution in [0, 0.1) is 0 Å². The van der Waals surface area contributed by atoms with Crippen molar-refractivity contribution in [3.05, 3.63) is 94.0 Å². The molecule has 0 saturated carbocycles. The van der Waals surface area contributed by atoms with Crippen LogP contribution in [0.1, 0.15) is 29.2 Å². The first-order valence-electron chi connectivity index (χ1n) is 10.9. The van der Waals surface area contributed by atoms with Crippen LogP contribution >= 0.6 is 11.6 Å². The molecule has 2 aliphatic rings. The van der Waals surface area contributed by atoms with Crippen LogP contribution in [0.2, 0.25) is 5.02 Å². The van der Waals surface area contributed by atoms with Gasteiger partial charge in [-0.1, -0.05) is 41.9 Å². The number of halogens is 1. The summed E-state index contributed by atoms with van der Waals surface area (Å²) in [5, 5.41) is 3.79. The zero-order valence-electron chi connectivity index (χ0n) is 18.6. The number of rotatable bonds is 4. The second-order valence-corrected chi connectivity index (χ2v) is 8.67. The minimum Gasteiger partial charge on any atom is -0.497 e. The third-order valence-corrected chi connectivity index (χ3v) is 6.69. The van der Waals surface area contributed by atoms with Crippen molar-refractivity contribution in [2.75, 3.05) is 26.1 Å². The van der Waals surface area contributed by atoms with E-state index in [0.717, 1.165) is 29.2 Å². The zero-order chi connectivity index (χ0) is 22.9. The van der Waals surface area contributed by atoms with Crippen LogP contribution < -0.4 is 14.8 Å². The number of hydrogen-bond donors (Lipinski definition) is 1. The second kappa shape index (κ2) is 8.83. The van der Waals surface area contributed by atoms with Crippen LogP contribution in [0.4, 0.5) is 10.5 Å². The Kier molecular flexibility index (Phi) is 5.73. The molecule has 3 aromatic rings. The molecular formula is C27H25ClN2O3. The molecule has 1 aliphatic heterocycles. The third kappa shape index (κ3) is 3.93. The maximum absolute atomic E-state index is 13.5. The maximum atomic E-state index is 13.5. The molecule has 1 heterocycles. The third-order valence-electron chi connectivity index (χ3n) is 6.45. The number of amides is 2. The molecule has 0 aromatic heterocycles. The van der Waals surface area contributed by atoms with Gasteiger partial charge in [0.15, 0.2) is 0 Å². The summed E-state index contributed by atoms with van der Waals surface area (Å²) in [6, 6.07) is 21.2. The molecule has 6 heteroatoms. The van der Waals surface area contributed by atoms with Crippen LogP contribution in [-0.4, -0.2) is 31.7 Å². The minimum absolute atomic E-state index is 0.152. The number of carbonyl (C=O) groups excluding carboxylic acids is 1. The fourth-order valence-electron chi connectivity index (χ4n) is 4.90. The number of ether oxygens (including phenoxy) is 2. The van der Waals surface area contributed by atoms with Crippen molar-refractivity contribution in [1.82, 2.24) is 4.90 Å². The van der Waals surface area contributed by atoms with E-state index in [2.05, 4.69) is 17.4 Å². The molecule has 0 spiro atoms. The molecular weight excluding hydrogens is 436 g/mol. The van der Waals surface area contributed by atoms with Crippen molar-refractivity contribution in [2.24, 2.45) is 0 Å². The van der Waals surface area contributed by atoms with Gasteiger partial charge in [-0.15, -0.1) is 0 Å². The van der Waals surface area contributed by atoms with Crippen molar-refractivity contribution in [3.8, 4) is 11.5 Å². The SMILES string of the molecule is COc1ccc(C2C3=C(CCN2C(=O)Nc2ccccc2OC)c2cc(Cl)ccc2C3)cc1. The Morgan fingerprint density at radius 1 is 1.03 bits per heavy atom. The lowest BCUT2D eigenvalue weighted by Gasteiger charge is -2.38. The molecule has 3 aromatic carbocycles. The van der Waals surface area contributed by atoms with E-state index in [0.29, 0.717) is 18.0 Å². The predicted octanol–water partition coefficient (Wildman–Crippen LogP) is 6.35. The molecule has 1 N–H and O–H groups in total. The molecule has 168 valence electrons. The summed E-state index contributed by atoms with van der Waals surface area (Å²) >= 11 is 6.32. The Labute approximate surface area is 198 Å². The van der Waals surface area contributed by atoms with Crippen molar-refractivity contribution in [3.63, 3.8) is 0 Å². The monoisotopic (exact) mass is 460 g/mol. The van der Waals surface area contributed by atoms with Crippen LogP contribution in [0.3, 0.4) is 0 Å². The maximum Gasteiger partial charge on any atom is 0.322 e. The van der Waals surface area contributed by atoms with E-state index in [-0.39, 0.29) is 12.1 Å². The van der Waals surface area contributed by atoms with Gasteiger partial charge in [-0.2, -0.15) is 0 Å². The lowest BCUT2D eigenvalue weighted by molar-refractivity contribution is 0.195. The molecule has 5 nitrogen and oxygen atoms in total. The lowest BCUT2D eigenvalue weighted by Crippen LogP contribution is -2.42. The number of methoxy groups -OCH3 is 2. The highest BCUT2D eigenvalue weighted by Crippen LogP contribution is 2.47. The molecule has 1 aliphatic carbocycles. The predicted molar refractivity (Wildman–Crippen MR) is 131 cm³/mol. The molecule has 0 fully saturated rings. The molecule has 0 radical (unpaired) electrons. The number of nitrogens with zero attached hydrogens (tertiary/aromatic N) is 1. The molecule has 2 amide bonds. The summed E-state index contributed by atoms with van der Waals surface area (Å²) in [5.74, 6) is 1.42. The molecule has 0 saturated heterocycles. The summed E-state index contributed by atoms with van der Waals surface area (Å²) in [6.45, 7) is 0.600. The van der Waals surface area contributed by atoms with Gasteiger partial charge in [-0.25, -0.2) is 4.79 Å². The largest absolute Gasteiger partial charge is 0.497 e. The molecule has 1 atom stereocenters. The summed E-state index contributed by atoms with van der Waals surface area (Å²) in [6.07, 6.45) is 1.59. The van der Waals surface area contributed by atoms with Gasteiger partial charge in [0.25, 0.3) is 0 Å². The highest BCUT2D eigenvalue weighted by atomic mass is 35.5. The molecule has 0 bridgehead atoms. The Morgan fingerprint density at radius 2 is 1.82 bits per heavy atom. The first-order valence-corrected chi connectivity index (χ1v) is 11.3. The van der Waals surface area contributed by atoms with Crippen molar-refractivity contribution in [2.45, 2.75) is 18.9 Å². The van der Waals surface area contributed by atoms with E-state index in [4.69, 9.17) is 21.1 Å². The number of urea groups is 1. The highest BCUT2D eigenvalue weighted by molar-refractivity contribution is 6.30. The molecule has 5 rings (SSSR count).